The highest BCUT2D eigenvalue weighted by Gasteiger charge is 2.28. The monoisotopic (exact) mass is 440 g/mol. The lowest BCUT2D eigenvalue weighted by atomic mass is 10.1. The maximum absolute atomic E-state index is 13.5. The number of fused-ring (bicyclic) bond motifs is 1. The zero-order valence-electron chi connectivity index (χ0n) is 17.7. The van der Waals surface area contributed by atoms with E-state index < -0.39 is 5.97 Å². The van der Waals surface area contributed by atoms with E-state index in [0.29, 0.717) is 35.2 Å². The van der Waals surface area contributed by atoms with Crippen LogP contribution in [0.4, 0.5) is 5.13 Å². The predicted molar refractivity (Wildman–Crippen MR) is 119 cm³/mol. The summed E-state index contributed by atoms with van der Waals surface area (Å²) in [5.74, 6) is 0.0431. The Balaban J connectivity index is 1.72. The Morgan fingerprint density at radius 2 is 1.90 bits per heavy atom. The third-order valence-corrected chi connectivity index (χ3v) is 6.56. The Morgan fingerprint density at radius 3 is 2.55 bits per heavy atom. The van der Waals surface area contributed by atoms with E-state index in [9.17, 15) is 9.59 Å². The van der Waals surface area contributed by atoms with E-state index in [1.807, 2.05) is 19.1 Å². The average Bonchev–Trinajstić information content (AvgIpc) is 3.47. The third kappa shape index (κ3) is 4.26. The van der Waals surface area contributed by atoms with Crippen molar-refractivity contribution in [2.45, 2.75) is 25.9 Å². The Morgan fingerprint density at radius 1 is 1.16 bits per heavy atom. The number of aromatic nitrogens is 1. The number of methoxy groups -OCH3 is 2. The number of hydrogen-bond acceptors (Lipinski definition) is 7. The van der Waals surface area contributed by atoms with Crippen LogP contribution in [0.5, 0.6) is 5.75 Å². The largest absolute Gasteiger partial charge is 0.494 e. The Hall–Kier alpha value is -2.97. The van der Waals surface area contributed by atoms with Gasteiger partial charge in [-0.3, -0.25) is 9.69 Å². The molecule has 1 aliphatic heterocycles. The topological polar surface area (TPSA) is 78.0 Å². The fourth-order valence-electron chi connectivity index (χ4n) is 3.64. The first-order valence-corrected chi connectivity index (χ1v) is 10.9. The summed E-state index contributed by atoms with van der Waals surface area (Å²) in [6, 6.07) is 10.3. The number of amides is 1. The Bertz CT molecular complexity index is 1100. The van der Waals surface area contributed by atoms with Crippen molar-refractivity contribution >= 4 is 38.6 Å². The van der Waals surface area contributed by atoms with Gasteiger partial charge in [0.1, 0.15) is 11.3 Å². The molecule has 162 valence electrons. The molecule has 1 fully saturated rings. The zero-order chi connectivity index (χ0) is 22.0. The quantitative estimate of drug-likeness (QED) is 0.534. The van der Waals surface area contributed by atoms with Gasteiger partial charge in [0.05, 0.1) is 37.1 Å². The van der Waals surface area contributed by atoms with Crippen molar-refractivity contribution in [1.82, 2.24) is 4.98 Å². The normalized spacial score (nSPS) is 15.8. The number of carbonyl (C=O) groups excluding carboxylic acids is 2. The molecule has 0 spiro atoms. The van der Waals surface area contributed by atoms with E-state index in [1.165, 1.54) is 18.4 Å². The first kappa shape index (κ1) is 21.3. The molecule has 1 unspecified atom stereocenters. The van der Waals surface area contributed by atoms with Crippen LogP contribution in [0.15, 0.2) is 36.4 Å². The van der Waals surface area contributed by atoms with Crippen molar-refractivity contribution in [1.29, 1.82) is 0 Å². The molecule has 7 nitrogen and oxygen atoms in total. The lowest BCUT2D eigenvalue weighted by Crippen LogP contribution is -2.37. The molecule has 3 aromatic rings. The van der Waals surface area contributed by atoms with Crippen LogP contribution in [0.2, 0.25) is 0 Å². The number of ether oxygens (including phenoxy) is 3. The lowest BCUT2D eigenvalue weighted by Gasteiger charge is -2.23. The summed E-state index contributed by atoms with van der Waals surface area (Å²) in [5, 5.41) is 0.597. The van der Waals surface area contributed by atoms with Gasteiger partial charge >= 0.3 is 5.97 Å². The third-order valence-electron chi connectivity index (χ3n) is 5.35. The number of aryl methyl sites for hydroxylation is 1. The van der Waals surface area contributed by atoms with Crippen molar-refractivity contribution in [3.05, 3.63) is 53.1 Å². The molecule has 0 radical (unpaired) electrons. The molecular formula is C23H24N2O5S. The van der Waals surface area contributed by atoms with E-state index in [2.05, 4.69) is 0 Å². The molecule has 2 aromatic carbocycles. The highest BCUT2D eigenvalue weighted by molar-refractivity contribution is 7.22. The highest BCUT2D eigenvalue weighted by Crippen LogP contribution is 2.37. The molecular weight excluding hydrogens is 416 g/mol. The summed E-state index contributed by atoms with van der Waals surface area (Å²) >= 11 is 1.46. The van der Waals surface area contributed by atoms with Crippen molar-refractivity contribution in [2.75, 3.05) is 32.3 Å². The fraction of sp³-hybridized carbons (Fsp3) is 0.348. The summed E-state index contributed by atoms with van der Waals surface area (Å²) in [7, 11) is 2.94. The summed E-state index contributed by atoms with van der Waals surface area (Å²) in [4.78, 5) is 31.6. The molecule has 0 N–H and O–H groups in total. The van der Waals surface area contributed by atoms with Crippen LogP contribution in [0, 0.1) is 6.92 Å². The molecule has 31 heavy (non-hydrogen) atoms. The van der Waals surface area contributed by atoms with Gasteiger partial charge in [0, 0.05) is 12.2 Å². The molecule has 0 saturated carbocycles. The number of anilines is 1. The minimum absolute atomic E-state index is 0.0340. The van der Waals surface area contributed by atoms with E-state index in [-0.39, 0.29) is 12.0 Å². The van der Waals surface area contributed by atoms with Crippen LogP contribution in [0.3, 0.4) is 0 Å². The zero-order valence-corrected chi connectivity index (χ0v) is 18.5. The number of esters is 1. The van der Waals surface area contributed by atoms with Crippen LogP contribution >= 0.6 is 11.3 Å². The number of benzene rings is 2. The van der Waals surface area contributed by atoms with Crippen molar-refractivity contribution in [3.63, 3.8) is 0 Å². The molecule has 1 amide bonds. The first-order valence-electron chi connectivity index (χ1n) is 10.1. The van der Waals surface area contributed by atoms with Crippen LogP contribution in [-0.2, 0) is 9.47 Å². The standard InChI is InChI=1S/C23H24N2O5S/c1-14-6-11-18(28-2)19-20(14)31-23(24-19)25(13-17-5-4-12-30-17)21(26)15-7-9-16(10-8-15)22(27)29-3/h6-11,17H,4-5,12-13H2,1-3H3. The second-order valence-corrected chi connectivity index (χ2v) is 8.36. The first-order chi connectivity index (χ1) is 15.0. The van der Waals surface area contributed by atoms with Gasteiger partial charge in [-0.1, -0.05) is 17.4 Å². The number of thiazole rings is 1. The SMILES string of the molecule is COC(=O)c1ccc(C(=O)N(CC2CCCO2)c2nc3c(OC)ccc(C)c3s2)cc1. The number of hydrogen-bond donors (Lipinski definition) is 0. The fourth-order valence-corrected chi connectivity index (χ4v) is 4.70. The number of carbonyl (C=O) groups is 2. The number of nitrogens with zero attached hydrogens (tertiary/aromatic N) is 2. The highest BCUT2D eigenvalue weighted by atomic mass is 32.1. The molecule has 1 saturated heterocycles. The summed E-state index contributed by atoms with van der Waals surface area (Å²) in [6.45, 7) is 3.13. The maximum atomic E-state index is 13.5. The second-order valence-electron chi connectivity index (χ2n) is 7.38. The van der Waals surface area contributed by atoms with E-state index in [1.54, 1.807) is 36.3 Å². The van der Waals surface area contributed by atoms with Gasteiger partial charge in [-0.15, -0.1) is 0 Å². The predicted octanol–water partition coefficient (Wildman–Crippen LogP) is 4.23. The Labute approximate surface area is 184 Å². The minimum Gasteiger partial charge on any atom is -0.494 e. The smallest absolute Gasteiger partial charge is 0.337 e. The van der Waals surface area contributed by atoms with Crippen LogP contribution in [0.1, 0.15) is 39.1 Å². The molecule has 4 rings (SSSR count). The summed E-state index contributed by atoms with van der Waals surface area (Å²) < 4.78 is 17.0. The van der Waals surface area contributed by atoms with Crippen molar-refractivity contribution in [3.8, 4) is 5.75 Å². The molecule has 2 heterocycles. The van der Waals surface area contributed by atoms with Gasteiger partial charge in [-0.05, 0) is 55.7 Å². The van der Waals surface area contributed by atoms with Gasteiger partial charge < -0.3 is 14.2 Å². The van der Waals surface area contributed by atoms with E-state index in [4.69, 9.17) is 19.2 Å². The van der Waals surface area contributed by atoms with E-state index in [0.717, 1.165) is 28.6 Å². The molecule has 1 atom stereocenters. The molecule has 1 aliphatic rings. The van der Waals surface area contributed by atoms with E-state index >= 15 is 0 Å². The Kier molecular flexibility index (Phi) is 6.20. The molecule has 0 aliphatic carbocycles. The number of rotatable bonds is 6. The minimum atomic E-state index is -0.441. The van der Waals surface area contributed by atoms with Crippen LogP contribution < -0.4 is 9.64 Å². The lowest BCUT2D eigenvalue weighted by molar-refractivity contribution is 0.0600. The van der Waals surface area contributed by atoms with Crippen molar-refractivity contribution < 1.29 is 23.8 Å². The molecule has 1 aromatic heterocycles. The van der Waals surface area contributed by atoms with Crippen LogP contribution in [-0.4, -0.2) is 50.3 Å². The van der Waals surface area contributed by atoms with Gasteiger partial charge in [-0.2, -0.15) is 0 Å². The maximum Gasteiger partial charge on any atom is 0.337 e. The summed E-state index contributed by atoms with van der Waals surface area (Å²) in [5.41, 5.74) is 2.68. The van der Waals surface area contributed by atoms with Crippen LogP contribution in [0.25, 0.3) is 10.2 Å². The second kappa shape index (κ2) is 9.03. The van der Waals surface area contributed by atoms with Gasteiger partial charge in [0.25, 0.3) is 5.91 Å². The molecule has 8 heteroatoms. The summed E-state index contributed by atoms with van der Waals surface area (Å²) in [6.07, 6.45) is 1.85. The van der Waals surface area contributed by atoms with Crippen molar-refractivity contribution in [2.24, 2.45) is 0 Å². The van der Waals surface area contributed by atoms with Gasteiger partial charge in [0.2, 0.25) is 0 Å². The van der Waals surface area contributed by atoms with Gasteiger partial charge in [0.15, 0.2) is 5.13 Å². The molecule has 0 bridgehead atoms. The average molecular weight is 441 g/mol. The van der Waals surface area contributed by atoms with Gasteiger partial charge in [-0.25, -0.2) is 9.78 Å².